The third-order valence-corrected chi connectivity index (χ3v) is 2.98. The van der Waals surface area contributed by atoms with E-state index < -0.39 is 5.82 Å². The molecule has 2 nitrogen and oxygen atoms in total. The van der Waals surface area contributed by atoms with E-state index in [1.807, 2.05) is 0 Å². The molecule has 2 rings (SSSR count). The van der Waals surface area contributed by atoms with Gasteiger partial charge in [-0.1, -0.05) is 40.3 Å². The summed E-state index contributed by atoms with van der Waals surface area (Å²) in [5, 5.41) is 0. The van der Waals surface area contributed by atoms with Crippen molar-refractivity contribution in [1.82, 2.24) is 0 Å². The van der Waals surface area contributed by atoms with Crippen LogP contribution >= 0.6 is 28.1 Å². The predicted octanol–water partition coefficient (Wildman–Crippen LogP) is 4.01. The fourth-order valence-corrected chi connectivity index (χ4v) is 1.95. The van der Waals surface area contributed by atoms with Crippen LogP contribution in [0, 0.1) is 5.82 Å². The van der Waals surface area contributed by atoms with Crippen LogP contribution in [0.15, 0.2) is 46.9 Å². The number of thiocarbonyl (C=S) groups is 1. The van der Waals surface area contributed by atoms with Gasteiger partial charge in [0.05, 0.1) is 5.56 Å². The van der Waals surface area contributed by atoms with Gasteiger partial charge in [-0.3, -0.25) is 0 Å². The highest BCUT2D eigenvalue weighted by atomic mass is 79.9. The number of nitrogens with two attached hydrogens (primary N) is 1. The topological polar surface area (TPSA) is 35.2 Å². The number of benzene rings is 2. The van der Waals surface area contributed by atoms with Crippen LogP contribution in [0.4, 0.5) is 4.39 Å². The van der Waals surface area contributed by atoms with E-state index in [1.54, 1.807) is 36.4 Å². The zero-order valence-electron chi connectivity index (χ0n) is 9.19. The molecule has 0 bridgehead atoms. The minimum absolute atomic E-state index is 0.136. The molecule has 0 aromatic heterocycles. The maximum Gasteiger partial charge on any atom is 0.165 e. The van der Waals surface area contributed by atoms with E-state index in [9.17, 15) is 4.39 Å². The van der Waals surface area contributed by atoms with Crippen LogP contribution < -0.4 is 10.5 Å². The van der Waals surface area contributed by atoms with E-state index in [4.69, 9.17) is 22.7 Å². The highest BCUT2D eigenvalue weighted by Gasteiger charge is 2.10. The molecule has 0 radical (unpaired) electrons. The largest absolute Gasteiger partial charge is 0.454 e. The van der Waals surface area contributed by atoms with Gasteiger partial charge in [0.2, 0.25) is 0 Å². The van der Waals surface area contributed by atoms with Gasteiger partial charge in [0.1, 0.15) is 10.7 Å². The summed E-state index contributed by atoms with van der Waals surface area (Å²) >= 11 is 8.26. The lowest BCUT2D eigenvalue weighted by Crippen LogP contribution is -2.10. The molecular weight excluding hydrogens is 317 g/mol. The SMILES string of the molecule is NC(=S)c1cc(Br)ccc1Oc1ccccc1F. The van der Waals surface area contributed by atoms with Crippen molar-refractivity contribution in [3.8, 4) is 11.5 Å². The summed E-state index contributed by atoms with van der Waals surface area (Å²) in [6.45, 7) is 0. The number of ether oxygens (including phenoxy) is 1. The third-order valence-electron chi connectivity index (χ3n) is 2.26. The molecule has 0 saturated carbocycles. The van der Waals surface area contributed by atoms with Crippen molar-refractivity contribution in [2.45, 2.75) is 0 Å². The molecule has 0 unspecified atom stereocenters. The van der Waals surface area contributed by atoms with Crippen LogP contribution in [0.3, 0.4) is 0 Å². The summed E-state index contributed by atoms with van der Waals surface area (Å²) < 4.78 is 19.8. The average Bonchev–Trinajstić information content (AvgIpc) is 2.34. The Bertz CT molecular complexity index is 603. The van der Waals surface area contributed by atoms with Gasteiger partial charge in [-0.2, -0.15) is 0 Å². The van der Waals surface area contributed by atoms with Crippen molar-refractivity contribution in [1.29, 1.82) is 0 Å². The van der Waals surface area contributed by atoms with Crippen LogP contribution in [0.25, 0.3) is 0 Å². The first-order valence-electron chi connectivity index (χ1n) is 5.09. The van der Waals surface area contributed by atoms with Gasteiger partial charge in [-0.05, 0) is 30.3 Å². The molecule has 0 amide bonds. The molecule has 0 fully saturated rings. The molecule has 0 aliphatic rings. The van der Waals surface area contributed by atoms with Crippen molar-refractivity contribution in [2.24, 2.45) is 5.73 Å². The summed E-state index contributed by atoms with van der Waals surface area (Å²) in [5.41, 5.74) is 6.17. The van der Waals surface area contributed by atoms with Gasteiger partial charge in [-0.15, -0.1) is 0 Å². The molecule has 0 atom stereocenters. The van der Waals surface area contributed by atoms with Gasteiger partial charge in [-0.25, -0.2) is 4.39 Å². The normalized spacial score (nSPS) is 10.1. The highest BCUT2D eigenvalue weighted by Crippen LogP contribution is 2.29. The van der Waals surface area contributed by atoms with Gasteiger partial charge >= 0.3 is 0 Å². The Hall–Kier alpha value is -1.46. The lowest BCUT2D eigenvalue weighted by atomic mass is 10.2. The molecule has 0 saturated heterocycles. The number of rotatable bonds is 3. The number of hydrogen-bond donors (Lipinski definition) is 1. The second-order valence-corrected chi connectivity index (χ2v) is 4.89. The Kier molecular flexibility index (Phi) is 3.93. The van der Waals surface area contributed by atoms with Crippen molar-refractivity contribution < 1.29 is 9.13 Å². The van der Waals surface area contributed by atoms with E-state index in [-0.39, 0.29) is 10.7 Å². The molecule has 5 heteroatoms. The zero-order valence-corrected chi connectivity index (χ0v) is 11.6. The van der Waals surface area contributed by atoms with Crippen LogP contribution in [-0.2, 0) is 0 Å². The molecule has 92 valence electrons. The lowest BCUT2D eigenvalue weighted by molar-refractivity contribution is 0.441. The number of para-hydroxylation sites is 1. The van der Waals surface area contributed by atoms with Gasteiger partial charge in [0.15, 0.2) is 11.6 Å². The molecule has 0 heterocycles. The van der Waals surface area contributed by atoms with Crippen LogP contribution in [0.5, 0.6) is 11.5 Å². The second-order valence-electron chi connectivity index (χ2n) is 3.54. The predicted molar refractivity (Wildman–Crippen MR) is 76.5 cm³/mol. The highest BCUT2D eigenvalue weighted by molar-refractivity contribution is 9.10. The standard InChI is InChI=1S/C13H9BrFNOS/c14-8-5-6-11(9(7-8)13(16)18)17-12-4-2-1-3-10(12)15/h1-7H,(H2,16,18). The second kappa shape index (κ2) is 5.46. The lowest BCUT2D eigenvalue weighted by Gasteiger charge is -2.11. The van der Waals surface area contributed by atoms with Crippen molar-refractivity contribution in [2.75, 3.05) is 0 Å². The zero-order chi connectivity index (χ0) is 13.1. The summed E-state index contributed by atoms with van der Waals surface area (Å²) in [6, 6.07) is 11.4. The summed E-state index contributed by atoms with van der Waals surface area (Å²) in [6.07, 6.45) is 0. The Labute approximate surface area is 118 Å². The maximum absolute atomic E-state index is 13.5. The van der Waals surface area contributed by atoms with Gasteiger partial charge < -0.3 is 10.5 Å². The number of halogens is 2. The quantitative estimate of drug-likeness (QED) is 0.866. The van der Waals surface area contributed by atoms with Crippen LogP contribution in [0.1, 0.15) is 5.56 Å². The maximum atomic E-state index is 13.5. The van der Waals surface area contributed by atoms with Crippen LogP contribution in [-0.4, -0.2) is 4.99 Å². The number of hydrogen-bond acceptors (Lipinski definition) is 2. The minimum atomic E-state index is -0.436. The van der Waals surface area contributed by atoms with E-state index in [0.717, 1.165) is 4.47 Å². The molecule has 2 N–H and O–H groups in total. The van der Waals surface area contributed by atoms with Gasteiger partial charge in [0.25, 0.3) is 0 Å². The fraction of sp³-hybridized carbons (Fsp3) is 0. The fourth-order valence-electron chi connectivity index (χ4n) is 1.43. The van der Waals surface area contributed by atoms with E-state index in [1.165, 1.54) is 6.07 Å². The Morgan fingerprint density at radius 2 is 1.89 bits per heavy atom. The summed E-state index contributed by atoms with van der Waals surface area (Å²) in [4.78, 5) is 0.197. The first-order chi connectivity index (χ1) is 8.58. The monoisotopic (exact) mass is 325 g/mol. The molecule has 18 heavy (non-hydrogen) atoms. The smallest absolute Gasteiger partial charge is 0.165 e. The van der Waals surface area contributed by atoms with E-state index in [0.29, 0.717) is 11.3 Å². The Balaban J connectivity index is 2.41. The average molecular weight is 326 g/mol. The minimum Gasteiger partial charge on any atom is -0.454 e. The molecular formula is C13H9BrFNOS. The van der Waals surface area contributed by atoms with E-state index in [2.05, 4.69) is 15.9 Å². The first-order valence-corrected chi connectivity index (χ1v) is 6.30. The Morgan fingerprint density at radius 3 is 2.56 bits per heavy atom. The third kappa shape index (κ3) is 2.86. The molecule has 2 aromatic carbocycles. The van der Waals surface area contributed by atoms with Crippen molar-refractivity contribution >= 4 is 33.1 Å². The van der Waals surface area contributed by atoms with Gasteiger partial charge in [0, 0.05) is 4.47 Å². The van der Waals surface area contributed by atoms with Crippen molar-refractivity contribution in [3.63, 3.8) is 0 Å². The molecule has 0 aliphatic carbocycles. The Morgan fingerprint density at radius 1 is 1.17 bits per heavy atom. The summed E-state index contributed by atoms with van der Waals surface area (Å²) in [7, 11) is 0. The van der Waals surface area contributed by atoms with Crippen LogP contribution in [0.2, 0.25) is 0 Å². The van der Waals surface area contributed by atoms with Crippen molar-refractivity contribution in [3.05, 3.63) is 58.3 Å². The first kappa shape index (κ1) is 13.0. The van der Waals surface area contributed by atoms with E-state index >= 15 is 0 Å². The molecule has 2 aromatic rings. The molecule has 0 aliphatic heterocycles. The summed E-state index contributed by atoms with van der Waals surface area (Å²) in [5.74, 6) is 0.127. The molecule has 0 spiro atoms.